The molecule has 1 aliphatic rings. The Kier molecular flexibility index (Phi) is 4.55. The number of fused-ring (bicyclic) bond motifs is 1. The molecule has 0 radical (unpaired) electrons. The minimum Gasteiger partial charge on any atom is -0.490 e. The van der Waals surface area contributed by atoms with Gasteiger partial charge in [-0.1, -0.05) is 11.6 Å². The molecule has 2 heterocycles. The molecule has 2 aromatic carbocycles. The van der Waals surface area contributed by atoms with E-state index in [-0.39, 0.29) is 17.8 Å². The summed E-state index contributed by atoms with van der Waals surface area (Å²) in [6, 6.07) is 13.5. The van der Waals surface area contributed by atoms with Crippen molar-refractivity contribution in [2.45, 2.75) is 18.9 Å². The van der Waals surface area contributed by atoms with Crippen LogP contribution in [0.2, 0.25) is 5.02 Å². The third kappa shape index (κ3) is 3.53. The first-order valence-electron chi connectivity index (χ1n) is 8.58. The zero-order chi connectivity index (χ0) is 18.1. The van der Waals surface area contributed by atoms with E-state index >= 15 is 0 Å². The number of amides is 1. The van der Waals surface area contributed by atoms with E-state index in [0.717, 1.165) is 24.0 Å². The van der Waals surface area contributed by atoms with Gasteiger partial charge in [0, 0.05) is 41.9 Å². The number of aromatic nitrogens is 1. The minimum absolute atomic E-state index is 0.0634. The molecule has 4 nitrogen and oxygen atoms in total. The predicted octanol–water partition coefficient (Wildman–Crippen LogP) is 4.64. The molecule has 6 heteroatoms. The highest BCUT2D eigenvalue weighted by molar-refractivity contribution is 6.30. The van der Waals surface area contributed by atoms with Crippen LogP contribution in [0, 0.1) is 5.82 Å². The summed E-state index contributed by atoms with van der Waals surface area (Å²) in [4.78, 5) is 17.5. The molecular weight excluding hydrogens is 355 g/mol. The third-order valence-corrected chi connectivity index (χ3v) is 4.91. The number of halogens is 2. The molecule has 0 atom stereocenters. The van der Waals surface area contributed by atoms with Gasteiger partial charge in [-0.25, -0.2) is 4.39 Å². The van der Waals surface area contributed by atoms with Crippen molar-refractivity contribution in [1.82, 2.24) is 9.88 Å². The average Bonchev–Trinajstić information content (AvgIpc) is 3.07. The number of rotatable bonds is 3. The van der Waals surface area contributed by atoms with Crippen LogP contribution in [0.3, 0.4) is 0 Å². The van der Waals surface area contributed by atoms with Crippen molar-refractivity contribution in [1.29, 1.82) is 0 Å². The Morgan fingerprint density at radius 3 is 2.58 bits per heavy atom. The van der Waals surface area contributed by atoms with E-state index < -0.39 is 0 Å². The van der Waals surface area contributed by atoms with E-state index in [2.05, 4.69) is 4.98 Å². The maximum absolute atomic E-state index is 13.3. The maximum atomic E-state index is 13.3. The number of ether oxygens (including phenoxy) is 1. The van der Waals surface area contributed by atoms with Crippen LogP contribution in [0.1, 0.15) is 23.3 Å². The van der Waals surface area contributed by atoms with Gasteiger partial charge in [-0.05, 0) is 48.5 Å². The molecule has 1 aliphatic heterocycles. The van der Waals surface area contributed by atoms with Gasteiger partial charge in [0.15, 0.2) is 0 Å². The molecule has 0 bridgehead atoms. The molecule has 26 heavy (non-hydrogen) atoms. The summed E-state index contributed by atoms with van der Waals surface area (Å²) in [6.07, 6.45) is 1.61. The molecular formula is C20H18ClFN2O2. The first-order chi connectivity index (χ1) is 12.6. The highest BCUT2D eigenvalue weighted by Crippen LogP contribution is 2.23. The van der Waals surface area contributed by atoms with Crippen molar-refractivity contribution in [3.05, 3.63) is 65.1 Å². The minimum atomic E-state index is -0.321. The van der Waals surface area contributed by atoms with E-state index in [1.54, 1.807) is 24.3 Å². The Morgan fingerprint density at radius 1 is 1.12 bits per heavy atom. The van der Waals surface area contributed by atoms with E-state index in [1.165, 1.54) is 12.1 Å². The Labute approximate surface area is 155 Å². The Balaban J connectivity index is 1.38. The number of carbonyl (C=O) groups excluding carboxylic acids is 1. The number of hydrogen-bond acceptors (Lipinski definition) is 2. The Morgan fingerprint density at radius 2 is 1.85 bits per heavy atom. The van der Waals surface area contributed by atoms with Gasteiger partial charge in [-0.3, -0.25) is 4.79 Å². The smallest absolute Gasteiger partial charge is 0.270 e. The lowest BCUT2D eigenvalue weighted by Gasteiger charge is -2.32. The topological polar surface area (TPSA) is 45.3 Å². The Bertz CT molecular complexity index is 931. The van der Waals surface area contributed by atoms with Crippen LogP contribution in [-0.4, -0.2) is 35.0 Å². The van der Waals surface area contributed by atoms with E-state index in [1.807, 2.05) is 17.0 Å². The quantitative estimate of drug-likeness (QED) is 0.727. The van der Waals surface area contributed by atoms with E-state index in [0.29, 0.717) is 29.3 Å². The average molecular weight is 373 g/mol. The molecule has 0 spiro atoms. The van der Waals surface area contributed by atoms with Gasteiger partial charge < -0.3 is 14.6 Å². The third-order valence-electron chi connectivity index (χ3n) is 4.66. The first kappa shape index (κ1) is 16.9. The second-order valence-electron chi connectivity index (χ2n) is 6.48. The van der Waals surface area contributed by atoms with Gasteiger partial charge >= 0.3 is 0 Å². The molecule has 1 aromatic heterocycles. The van der Waals surface area contributed by atoms with Gasteiger partial charge in [0.1, 0.15) is 23.4 Å². The number of carbonyl (C=O) groups is 1. The molecule has 0 unspecified atom stereocenters. The number of likely N-dealkylation sites (tertiary alicyclic amines) is 1. The monoisotopic (exact) mass is 372 g/mol. The van der Waals surface area contributed by atoms with Crippen molar-refractivity contribution in [2.24, 2.45) is 0 Å². The number of nitrogens with one attached hydrogen (secondary N) is 1. The fraction of sp³-hybridized carbons (Fsp3) is 0.250. The number of piperidine rings is 1. The van der Waals surface area contributed by atoms with Gasteiger partial charge in [0.2, 0.25) is 0 Å². The van der Waals surface area contributed by atoms with Crippen LogP contribution in [0.4, 0.5) is 4.39 Å². The fourth-order valence-electron chi connectivity index (χ4n) is 3.27. The zero-order valence-electron chi connectivity index (χ0n) is 14.0. The lowest BCUT2D eigenvalue weighted by Crippen LogP contribution is -2.41. The van der Waals surface area contributed by atoms with Crippen molar-refractivity contribution in [3.63, 3.8) is 0 Å². The molecule has 1 saturated heterocycles. The van der Waals surface area contributed by atoms with Crippen LogP contribution in [0.15, 0.2) is 48.5 Å². The molecule has 0 aliphatic carbocycles. The second-order valence-corrected chi connectivity index (χ2v) is 6.91. The first-order valence-corrected chi connectivity index (χ1v) is 8.96. The second kappa shape index (κ2) is 7.00. The Hall–Kier alpha value is -2.53. The van der Waals surface area contributed by atoms with Gasteiger partial charge in [-0.2, -0.15) is 0 Å². The predicted molar refractivity (Wildman–Crippen MR) is 99.3 cm³/mol. The van der Waals surface area contributed by atoms with Gasteiger partial charge in [0.25, 0.3) is 5.91 Å². The number of aromatic amines is 1. The summed E-state index contributed by atoms with van der Waals surface area (Å²) in [5, 5.41) is 1.51. The summed E-state index contributed by atoms with van der Waals surface area (Å²) < 4.78 is 19.3. The van der Waals surface area contributed by atoms with E-state index in [4.69, 9.17) is 16.3 Å². The van der Waals surface area contributed by atoms with Crippen LogP contribution in [0.25, 0.3) is 10.9 Å². The summed E-state index contributed by atoms with van der Waals surface area (Å²) in [5.74, 6) is 0.405. The molecule has 3 aromatic rings. The molecule has 1 fully saturated rings. The molecule has 1 N–H and O–H groups in total. The number of nitrogens with zero attached hydrogens (tertiary/aromatic N) is 1. The summed E-state index contributed by atoms with van der Waals surface area (Å²) in [5.41, 5.74) is 1.12. The summed E-state index contributed by atoms with van der Waals surface area (Å²) in [7, 11) is 0. The van der Waals surface area contributed by atoms with E-state index in [9.17, 15) is 9.18 Å². The maximum Gasteiger partial charge on any atom is 0.270 e. The molecule has 4 rings (SSSR count). The lowest BCUT2D eigenvalue weighted by atomic mass is 10.1. The largest absolute Gasteiger partial charge is 0.490 e. The molecule has 134 valence electrons. The standard InChI is InChI=1S/C20H18ClFN2O2/c21-14-2-5-16(6-3-14)26-17-7-9-24(10-8-17)20(25)19-11-13-1-4-15(22)12-18(13)23-19/h1-6,11-12,17,23H,7-10H2. The van der Waals surface area contributed by atoms with Gasteiger partial charge in [0.05, 0.1) is 0 Å². The van der Waals surface area contributed by atoms with Crippen molar-refractivity contribution in [3.8, 4) is 5.75 Å². The number of H-pyrrole nitrogens is 1. The summed E-state index contributed by atoms with van der Waals surface area (Å²) >= 11 is 5.88. The summed E-state index contributed by atoms with van der Waals surface area (Å²) in [6.45, 7) is 1.25. The fourth-order valence-corrected chi connectivity index (χ4v) is 3.39. The van der Waals surface area contributed by atoms with Crippen molar-refractivity contribution >= 4 is 28.4 Å². The number of benzene rings is 2. The van der Waals surface area contributed by atoms with Crippen LogP contribution in [0.5, 0.6) is 5.75 Å². The number of hydrogen-bond donors (Lipinski definition) is 1. The lowest BCUT2D eigenvalue weighted by molar-refractivity contribution is 0.0591. The SMILES string of the molecule is O=C(c1cc2ccc(F)cc2[nH]1)N1CCC(Oc2ccc(Cl)cc2)CC1. The molecule has 0 saturated carbocycles. The van der Waals surface area contributed by atoms with Crippen LogP contribution >= 0.6 is 11.6 Å². The zero-order valence-corrected chi connectivity index (χ0v) is 14.8. The van der Waals surface area contributed by atoms with Crippen molar-refractivity contribution in [2.75, 3.05) is 13.1 Å². The normalized spacial score (nSPS) is 15.4. The molecule has 1 amide bonds. The van der Waals surface area contributed by atoms with Gasteiger partial charge in [-0.15, -0.1) is 0 Å². The van der Waals surface area contributed by atoms with Crippen LogP contribution in [-0.2, 0) is 0 Å². The van der Waals surface area contributed by atoms with Crippen LogP contribution < -0.4 is 4.74 Å². The highest BCUT2D eigenvalue weighted by atomic mass is 35.5. The highest BCUT2D eigenvalue weighted by Gasteiger charge is 2.25. The van der Waals surface area contributed by atoms with Crippen molar-refractivity contribution < 1.29 is 13.9 Å².